The highest BCUT2D eigenvalue weighted by molar-refractivity contribution is 5.15. The van der Waals surface area contributed by atoms with E-state index in [1.165, 1.54) is 6.07 Å². The molecule has 1 aromatic rings. The molecule has 0 unspecified atom stereocenters. The highest BCUT2D eigenvalue weighted by Crippen LogP contribution is 2.16. The standard InChI is InChI=1S/C8H9F3N2O/c9-8(10,11)5-14-7-3-1-2-6(4-12)13-7/h1-3H,4-5,12H2. The highest BCUT2D eigenvalue weighted by atomic mass is 19.4. The van der Waals surface area contributed by atoms with Gasteiger partial charge in [-0.2, -0.15) is 13.2 Å². The second kappa shape index (κ2) is 4.28. The third kappa shape index (κ3) is 3.61. The Morgan fingerprint density at radius 1 is 1.36 bits per heavy atom. The molecule has 3 nitrogen and oxygen atoms in total. The van der Waals surface area contributed by atoms with E-state index in [-0.39, 0.29) is 12.4 Å². The first kappa shape index (κ1) is 10.8. The van der Waals surface area contributed by atoms with Crippen LogP contribution >= 0.6 is 0 Å². The van der Waals surface area contributed by atoms with Gasteiger partial charge in [-0.05, 0) is 6.07 Å². The van der Waals surface area contributed by atoms with Crippen LogP contribution in [0.5, 0.6) is 5.88 Å². The summed E-state index contributed by atoms with van der Waals surface area (Å²) in [7, 11) is 0. The van der Waals surface area contributed by atoms with E-state index in [0.717, 1.165) is 0 Å². The Hall–Kier alpha value is -1.30. The molecule has 2 N–H and O–H groups in total. The van der Waals surface area contributed by atoms with Crippen LogP contribution in [0.3, 0.4) is 0 Å². The number of nitrogens with zero attached hydrogens (tertiary/aromatic N) is 1. The van der Waals surface area contributed by atoms with Crippen LogP contribution in [0.15, 0.2) is 18.2 Å². The molecule has 1 rings (SSSR count). The molecule has 0 amide bonds. The Morgan fingerprint density at radius 2 is 2.07 bits per heavy atom. The average Bonchev–Trinajstić information content (AvgIpc) is 2.14. The molecule has 0 radical (unpaired) electrons. The number of aromatic nitrogens is 1. The molecule has 0 spiro atoms. The summed E-state index contributed by atoms with van der Waals surface area (Å²) >= 11 is 0. The van der Waals surface area contributed by atoms with Crippen molar-refractivity contribution < 1.29 is 17.9 Å². The maximum absolute atomic E-state index is 11.7. The van der Waals surface area contributed by atoms with Gasteiger partial charge in [-0.15, -0.1) is 0 Å². The lowest BCUT2D eigenvalue weighted by molar-refractivity contribution is -0.154. The Balaban J connectivity index is 2.59. The summed E-state index contributed by atoms with van der Waals surface area (Å²) in [6.45, 7) is -1.17. The number of nitrogens with two attached hydrogens (primary N) is 1. The predicted molar refractivity (Wildman–Crippen MR) is 43.7 cm³/mol. The molecule has 0 saturated heterocycles. The van der Waals surface area contributed by atoms with Gasteiger partial charge >= 0.3 is 6.18 Å². The molecule has 6 heteroatoms. The number of rotatable bonds is 3. The molecule has 0 aliphatic heterocycles. The summed E-state index contributed by atoms with van der Waals surface area (Å²) in [4.78, 5) is 3.75. The fraction of sp³-hybridized carbons (Fsp3) is 0.375. The second-order valence-electron chi connectivity index (χ2n) is 2.58. The lowest BCUT2D eigenvalue weighted by atomic mass is 10.3. The van der Waals surface area contributed by atoms with E-state index in [9.17, 15) is 13.2 Å². The van der Waals surface area contributed by atoms with Crippen molar-refractivity contribution in [2.24, 2.45) is 5.73 Å². The van der Waals surface area contributed by atoms with Gasteiger partial charge in [0.1, 0.15) is 0 Å². The molecule has 0 atom stereocenters. The van der Waals surface area contributed by atoms with E-state index in [1.807, 2.05) is 0 Å². The van der Waals surface area contributed by atoms with Crippen LogP contribution in [0.25, 0.3) is 0 Å². The van der Waals surface area contributed by atoms with Crippen LogP contribution in [0, 0.1) is 0 Å². The van der Waals surface area contributed by atoms with E-state index in [1.54, 1.807) is 12.1 Å². The third-order valence-corrected chi connectivity index (χ3v) is 1.37. The Labute approximate surface area is 78.7 Å². The monoisotopic (exact) mass is 206 g/mol. The van der Waals surface area contributed by atoms with Crippen molar-refractivity contribution in [1.82, 2.24) is 4.98 Å². The number of hydrogen-bond donors (Lipinski definition) is 1. The molecule has 0 bridgehead atoms. The number of halogens is 3. The van der Waals surface area contributed by atoms with E-state index in [4.69, 9.17) is 5.73 Å². The second-order valence-corrected chi connectivity index (χ2v) is 2.58. The number of ether oxygens (including phenoxy) is 1. The first-order valence-corrected chi connectivity index (χ1v) is 3.87. The Kier molecular flexibility index (Phi) is 3.29. The summed E-state index contributed by atoms with van der Waals surface area (Å²) in [5.41, 5.74) is 5.75. The maximum atomic E-state index is 11.7. The largest absolute Gasteiger partial charge is 0.468 e. The Morgan fingerprint density at radius 3 is 2.64 bits per heavy atom. The zero-order valence-electron chi connectivity index (χ0n) is 7.21. The lowest BCUT2D eigenvalue weighted by Gasteiger charge is -2.08. The van der Waals surface area contributed by atoms with Gasteiger partial charge in [-0.1, -0.05) is 6.07 Å². The van der Waals surface area contributed by atoms with Crippen LogP contribution in [0.4, 0.5) is 13.2 Å². The zero-order valence-corrected chi connectivity index (χ0v) is 7.21. The summed E-state index contributed by atoms with van der Waals surface area (Å²) < 4.78 is 39.7. The summed E-state index contributed by atoms with van der Waals surface area (Å²) in [6.07, 6.45) is -4.35. The van der Waals surface area contributed by atoms with Crippen molar-refractivity contribution in [3.63, 3.8) is 0 Å². The van der Waals surface area contributed by atoms with Gasteiger partial charge in [-0.25, -0.2) is 4.98 Å². The minimum absolute atomic E-state index is 0.0646. The minimum Gasteiger partial charge on any atom is -0.468 e. The summed E-state index contributed by atoms with van der Waals surface area (Å²) in [5, 5.41) is 0. The average molecular weight is 206 g/mol. The molecule has 0 aliphatic rings. The minimum atomic E-state index is -4.35. The van der Waals surface area contributed by atoms with Crippen LogP contribution in [0.1, 0.15) is 5.69 Å². The number of hydrogen-bond acceptors (Lipinski definition) is 3. The fourth-order valence-corrected chi connectivity index (χ4v) is 0.807. The zero-order chi connectivity index (χ0) is 10.6. The van der Waals surface area contributed by atoms with Crippen LogP contribution < -0.4 is 10.5 Å². The topological polar surface area (TPSA) is 48.1 Å². The molecule has 0 aromatic carbocycles. The quantitative estimate of drug-likeness (QED) is 0.814. The van der Waals surface area contributed by atoms with Gasteiger partial charge in [0, 0.05) is 12.6 Å². The van der Waals surface area contributed by atoms with Crippen LogP contribution in [0.2, 0.25) is 0 Å². The van der Waals surface area contributed by atoms with Crippen molar-refractivity contribution in [2.75, 3.05) is 6.61 Å². The molecular weight excluding hydrogens is 197 g/mol. The smallest absolute Gasteiger partial charge is 0.422 e. The van der Waals surface area contributed by atoms with Crippen molar-refractivity contribution in [2.45, 2.75) is 12.7 Å². The van der Waals surface area contributed by atoms with Crippen LogP contribution in [-0.4, -0.2) is 17.8 Å². The molecule has 0 saturated carbocycles. The normalized spacial score (nSPS) is 11.4. The van der Waals surface area contributed by atoms with Crippen molar-refractivity contribution in [3.05, 3.63) is 23.9 Å². The molecule has 0 fully saturated rings. The van der Waals surface area contributed by atoms with Gasteiger partial charge in [0.15, 0.2) is 6.61 Å². The first-order chi connectivity index (χ1) is 6.51. The van der Waals surface area contributed by atoms with E-state index in [0.29, 0.717) is 5.69 Å². The van der Waals surface area contributed by atoms with E-state index < -0.39 is 12.8 Å². The van der Waals surface area contributed by atoms with E-state index in [2.05, 4.69) is 9.72 Å². The SMILES string of the molecule is NCc1cccc(OCC(F)(F)F)n1. The molecule has 1 heterocycles. The van der Waals surface area contributed by atoms with E-state index >= 15 is 0 Å². The molecule has 0 aliphatic carbocycles. The van der Waals surface area contributed by atoms with Gasteiger partial charge in [0.05, 0.1) is 5.69 Å². The summed E-state index contributed by atoms with van der Waals surface area (Å²) in [5.74, 6) is -0.0646. The van der Waals surface area contributed by atoms with Gasteiger partial charge in [-0.3, -0.25) is 0 Å². The Bertz CT molecular complexity index is 301. The van der Waals surface area contributed by atoms with Gasteiger partial charge in [0.25, 0.3) is 0 Å². The molecule has 14 heavy (non-hydrogen) atoms. The summed E-state index contributed by atoms with van der Waals surface area (Å²) in [6, 6.07) is 4.51. The van der Waals surface area contributed by atoms with Crippen molar-refractivity contribution in [3.8, 4) is 5.88 Å². The highest BCUT2D eigenvalue weighted by Gasteiger charge is 2.28. The first-order valence-electron chi connectivity index (χ1n) is 3.87. The number of pyridine rings is 1. The number of alkyl halides is 3. The molecular formula is C8H9F3N2O. The van der Waals surface area contributed by atoms with Crippen molar-refractivity contribution >= 4 is 0 Å². The van der Waals surface area contributed by atoms with Crippen molar-refractivity contribution in [1.29, 1.82) is 0 Å². The van der Waals surface area contributed by atoms with Gasteiger partial charge in [0.2, 0.25) is 5.88 Å². The lowest BCUT2D eigenvalue weighted by Crippen LogP contribution is -2.19. The predicted octanol–water partition coefficient (Wildman–Crippen LogP) is 1.48. The molecule has 78 valence electrons. The van der Waals surface area contributed by atoms with Gasteiger partial charge < -0.3 is 10.5 Å². The third-order valence-electron chi connectivity index (χ3n) is 1.37. The maximum Gasteiger partial charge on any atom is 0.422 e. The fourth-order valence-electron chi connectivity index (χ4n) is 0.807. The van der Waals surface area contributed by atoms with Crippen LogP contribution in [-0.2, 0) is 6.54 Å². The molecule has 1 aromatic heterocycles.